The molecule has 1 heterocycles. The summed E-state index contributed by atoms with van der Waals surface area (Å²) in [5, 5.41) is 4.60. The van der Waals surface area contributed by atoms with Crippen molar-refractivity contribution in [1.82, 2.24) is 14.8 Å². The summed E-state index contributed by atoms with van der Waals surface area (Å²) < 4.78 is 18.5. The van der Waals surface area contributed by atoms with Crippen LogP contribution in [0.25, 0.3) is 0 Å². The number of halogens is 1. The van der Waals surface area contributed by atoms with Gasteiger partial charge < -0.3 is 19.9 Å². The Morgan fingerprint density at radius 3 is 2.67 bits per heavy atom. The summed E-state index contributed by atoms with van der Waals surface area (Å²) >= 11 is 0. The second-order valence-electron chi connectivity index (χ2n) is 6.62. The molecule has 3 rings (SSSR count). The molecule has 150 valence electrons. The fourth-order valence-corrected chi connectivity index (χ4v) is 3.54. The molecule has 0 saturated heterocycles. The third-order valence-corrected chi connectivity index (χ3v) is 4.95. The smallest absolute Gasteiger partial charge is 0.188 e. The van der Waals surface area contributed by atoms with Crippen molar-refractivity contribution in [2.75, 3.05) is 14.2 Å². The van der Waals surface area contributed by atoms with Crippen molar-refractivity contribution < 1.29 is 14.2 Å². The van der Waals surface area contributed by atoms with Gasteiger partial charge in [0.15, 0.2) is 5.82 Å². The monoisotopic (exact) mass is 396 g/mol. The van der Waals surface area contributed by atoms with Gasteiger partial charge in [0, 0.05) is 31.7 Å². The number of hydrogen-bond acceptors (Lipinski definition) is 6. The van der Waals surface area contributed by atoms with E-state index in [-0.39, 0.29) is 24.6 Å². The molecule has 0 radical (unpaired) electrons. The van der Waals surface area contributed by atoms with Crippen molar-refractivity contribution in [1.29, 1.82) is 0 Å². The van der Waals surface area contributed by atoms with Crippen molar-refractivity contribution in [3.63, 3.8) is 0 Å². The number of aromatic nitrogens is 3. The van der Waals surface area contributed by atoms with Crippen molar-refractivity contribution in [2.45, 2.75) is 57.4 Å². The molecular formula is C19H29ClN4O3. The summed E-state index contributed by atoms with van der Waals surface area (Å²) in [6.07, 6.45) is 2.98. The van der Waals surface area contributed by atoms with Crippen LogP contribution in [0.2, 0.25) is 0 Å². The Balaban J connectivity index is 0.00000261. The van der Waals surface area contributed by atoms with Crippen LogP contribution in [0.1, 0.15) is 43.8 Å². The van der Waals surface area contributed by atoms with Crippen LogP contribution in [-0.4, -0.2) is 41.1 Å². The highest BCUT2D eigenvalue weighted by Gasteiger charge is 2.31. The predicted molar refractivity (Wildman–Crippen MR) is 106 cm³/mol. The zero-order valence-electron chi connectivity index (χ0n) is 16.1. The van der Waals surface area contributed by atoms with Crippen LogP contribution in [0, 0.1) is 0 Å². The van der Waals surface area contributed by atoms with Crippen molar-refractivity contribution >= 4 is 12.4 Å². The predicted octanol–water partition coefficient (Wildman–Crippen LogP) is 2.92. The number of ether oxygens (including phenoxy) is 3. The molecule has 0 spiro atoms. The number of nitrogens with two attached hydrogens (primary N) is 1. The van der Waals surface area contributed by atoms with Gasteiger partial charge in [0.05, 0.1) is 13.2 Å². The molecule has 0 unspecified atom stereocenters. The van der Waals surface area contributed by atoms with E-state index >= 15 is 0 Å². The number of hydrogen-bond donors (Lipinski definition) is 1. The molecule has 1 aliphatic rings. The topological polar surface area (TPSA) is 84.4 Å². The van der Waals surface area contributed by atoms with Crippen molar-refractivity contribution in [2.24, 2.45) is 5.73 Å². The lowest BCUT2D eigenvalue weighted by atomic mass is 9.83. The maximum Gasteiger partial charge on any atom is 0.188 e. The molecule has 7 nitrogen and oxygen atoms in total. The lowest BCUT2D eigenvalue weighted by molar-refractivity contribution is 0.0480. The van der Waals surface area contributed by atoms with Crippen LogP contribution in [0.5, 0.6) is 11.5 Å². The second kappa shape index (κ2) is 9.92. The molecule has 3 atom stereocenters. The van der Waals surface area contributed by atoms with E-state index < -0.39 is 0 Å². The number of aryl methyl sites for hydroxylation is 1. The van der Waals surface area contributed by atoms with Crippen LogP contribution in [0.4, 0.5) is 0 Å². The third kappa shape index (κ3) is 5.12. The van der Waals surface area contributed by atoms with Gasteiger partial charge in [0.25, 0.3) is 0 Å². The minimum absolute atomic E-state index is 0. The molecule has 1 saturated carbocycles. The largest absolute Gasteiger partial charge is 0.497 e. The Bertz CT molecular complexity index is 725. The van der Waals surface area contributed by atoms with Crippen molar-refractivity contribution in [3.8, 4) is 11.5 Å². The lowest BCUT2D eigenvalue weighted by Gasteiger charge is -2.32. The Morgan fingerprint density at radius 1 is 1.22 bits per heavy atom. The third-order valence-electron chi connectivity index (χ3n) is 4.95. The van der Waals surface area contributed by atoms with Gasteiger partial charge >= 0.3 is 0 Å². The Kier molecular flexibility index (Phi) is 7.89. The summed E-state index contributed by atoms with van der Waals surface area (Å²) in [7, 11) is 3.37. The van der Waals surface area contributed by atoms with E-state index in [0.717, 1.165) is 43.1 Å². The van der Waals surface area contributed by atoms with Crippen LogP contribution >= 0.6 is 12.4 Å². The first-order chi connectivity index (χ1) is 12.6. The average molecular weight is 397 g/mol. The molecule has 1 aromatic carbocycles. The molecule has 1 aliphatic carbocycles. The molecular weight excluding hydrogens is 368 g/mol. The minimum atomic E-state index is 0. The van der Waals surface area contributed by atoms with Gasteiger partial charge in [-0.2, -0.15) is 5.10 Å². The summed E-state index contributed by atoms with van der Waals surface area (Å²) in [4.78, 5) is 4.75. The van der Waals surface area contributed by atoms with E-state index in [4.69, 9.17) is 24.9 Å². The Labute approximate surface area is 166 Å². The number of methoxy groups -OCH3 is 2. The zero-order chi connectivity index (χ0) is 18.5. The van der Waals surface area contributed by atoms with Gasteiger partial charge in [-0.3, -0.25) is 0 Å². The zero-order valence-corrected chi connectivity index (χ0v) is 16.9. The SMILES string of the molecule is CCn1nc(COc2cccc(OC)c2)nc1[C@H]1CC[C@@H](OC)[C@H](N)C1.Cl. The molecule has 0 bridgehead atoms. The lowest BCUT2D eigenvalue weighted by Crippen LogP contribution is -2.41. The summed E-state index contributed by atoms with van der Waals surface area (Å²) in [6, 6.07) is 7.56. The van der Waals surface area contributed by atoms with Crippen LogP contribution < -0.4 is 15.2 Å². The molecule has 2 aromatic rings. The molecule has 2 N–H and O–H groups in total. The highest BCUT2D eigenvalue weighted by Crippen LogP contribution is 2.32. The fraction of sp³-hybridized carbons (Fsp3) is 0.579. The van der Waals surface area contributed by atoms with Crippen molar-refractivity contribution in [3.05, 3.63) is 35.9 Å². The van der Waals surface area contributed by atoms with E-state index in [2.05, 4.69) is 12.0 Å². The van der Waals surface area contributed by atoms with Gasteiger partial charge in [0.1, 0.15) is 23.9 Å². The molecule has 8 heteroatoms. The Morgan fingerprint density at radius 2 is 2.00 bits per heavy atom. The van der Waals surface area contributed by atoms with Crippen LogP contribution in [0.3, 0.4) is 0 Å². The molecule has 0 aliphatic heterocycles. The van der Waals surface area contributed by atoms with Gasteiger partial charge in [-0.1, -0.05) is 6.07 Å². The molecule has 27 heavy (non-hydrogen) atoms. The maximum absolute atomic E-state index is 6.26. The molecule has 0 amide bonds. The number of nitrogens with zero attached hydrogens (tertiary/aromatic N) is 3. The minimum Gasteiger partial charge on any atom is -0.497 e. The highest BCUT2D eigenvalue weighted by molar-refractivity contribution is 5.85. The van der Waals surface area contributed by atoms with Gasteiger partial charge in [-0.25, -0.2) is 9.67 Å². The second-order valence-corrected chi connectivity index (χ2v) is 6.62. The number of benzene rings is 1. The van der Waals surface area contributed by atoms with Crippen LogP contribution in [0.15, 0.2) is 24.3 Å². The van der Waals surface area contributed by atoms with Gasteiger partial charge in [-0.15, -0.1) is 12.4 Å². The maximum atomic E-state index is 6.26. The summed E-state index contributed by atoms with van der Waals surface area (Å²) in [5.41, 5.74) is 6.26. The van der Waals surface area contributed by atoms with Crippen LogP contribution in [-0.2, 0) is 17.9 Å². The average Bonchev–Trinajstić information content (AvgIpc) is 3.10. The highest BCUT2D eigenvalue weighted by atomic mass is 35.5. The van der Waals surface area contributed by atoms with Gasteiger partial charge in [0.2, 0.25) is 0 Å². The van der Waals surface area contributed by atoms with E-state index in [0.29, 0.717) is 18.3 Å². The number of rotatable bonds is 7. The quantitative estimate of drug-likeness (QED) is 0.774. The van der Waals surface area contributed by atoms with E-state index in [1.54, 1.807) is 14.2 Å². The normalized spacial score (nSPS) is 22.1. The first-order valence-corrected chi connectivity index (χ1v) is 9.13. The summed E-state index contributed by atoms with van der Waals surface area (Å²) in [6.45, 7) is 3.18. The van der Waals surface area contributed by atoms with Gasteiger partial charge in [-0.05, 0) is 38.3 Å². The molecule has 1 aromatic heterocycles. The first kappa shape index (κ1) is 21.5. The van der Waals surface area contributed by atoms with E-state index in [9.17, 15) is 0 Å². The standard InChI is InChI=1S/C19H28N4O3.ClH/c1-4-23-19(13-8-9-17(25-3)16(20)10-13)21-18(22-23)12-26-15-7-5-6-14(11-15)24-2;/h5-7,11,13,16-17H,4,8-10,12,20H2,1-3H3;1H/t13-,16+,17+;/m0./s1. The summed E-state index contributed by atoms with van der Waals surface area (Å²) in [5.74, 6) is 3.50. The Hall–Kier alpha value is -1.83. The van der Waals surface area contributed by atoms with E-state index in [1.807, 2.05) is 28.9 Å². The fourth-order valence-electron chi connectivity index (χ4n) is 3.54. The van der Waals surface area contributed by atoms with E-state index in [1.165, 1.54) is 0 Å². The first-order valence-electron chi connectivity index (χ1n) is 9.13. The molecule has 1 fully saturated rings.